The molecular weight excluding hydrogens is 1350 g/mol. The molecule has 0 saturated carbocycles. The highest BCUT2D eigenvalue weighted by Crippen LogP contribution is 2.45. The van der Waals surface area contributed by atoms with E-state index in [0.29, 0.717) is 25.7 Å². The lowest BCUT2D eigenvalue weighted by molar-refractivity contribution is -0.161. The van der Waals surface area contributed by atoms with Gasteiger partial charge in [0.1, 0.15) is 19.3 Å². The van der Waals surface area contributed by atoms with Gasteiger partial charge in [-0.1, -0.05) is 407 Å². The lowest BCUT2D eigenvalue weighted by Gasteiger charge is -2.21. The number of hydrogen-bond donors (Lipinski definition) is 3. The molecule has 0 saturated heterocycles. The zero-order chi connectivity index (χ0) is 76.2. The first-order valence-corrected chi connectivity index (χ1v) is 47.1. The number of esters is 4. The fourth-order valence-electron chi connectivity index (χ4n) is 13.3. The normalized spacial score (nSPS) is 13.8. The second-order valence-corrected chi connectivity index (χ2v) is 34.0. The topological polar surface area (TPSA) is 237 Å². The molecule has 0 aliphatic carbocycles. The van der Waals surface area contributed by atoms with Crippen molar-refractivity contribution in [2.24, 2.45) is 5.92 Å². The SMILES string of the molecule is CCCCCCCCCCCCCCCCCCCCCC(=O)O[C@H](COC(=O)CCCCCCCCCCCCCCCCC(C)C)COP(=O)(O)OC[C@@H](O)COP(=O)(O)OC[C@@H](COC(=O)CCCCCCCCCCCCC)OC(=O)CCCCCCCCCCCCCCCCCCC. The van der Waals surface area contributed by atoms with Gasteiger partial charge in [0.25, 0.3) is 0 Å². The number of phosphoric acid groups is 2. The molecule has 0 bridgehead atoms. The van der Waals surface area contributed by atoms with Crippen LogP contribution < -0.4 is 0 Å². The van der Waals surface area contributed by atoms with E-state index in [1.54, 1.807) is 0 Å². The first kappa shape index (κ1) is 102. The molecule has 104 heavy (non-hydrogen) atoms. The molecule has 618 valence electrons. The maximum Gasteiger partial charge on any atom is 0.472 e. The maximum absolute atomic E-state index is 13.1. The lowest BCUT2D eigenvalue weighted by Crippen LogP contribution is -2.30. The highest BCUT2D eigenvalue weighted by Gasteiger charge is 2.30. The zero-order valence-electron chi connectivity index (χ0n) is 68.2. The third-order valence-corrected chi connectivity index (χ3v) is 21.9. The standard InChI is InChI=1S/C85H166O17P2/c1-6-9-12-15-18-21-24-26-28-30-31-33-35-41-46-51-56-61-66-71-85(90)102-81(75-96-83(88)69-64-59-54-49-44-39-37-36-38-43-47-52-57-62-67-78(4)5)77-100-104(93,94)98-73-79(86)72-97-103(91,92)99-76-80(74-95-82(87)68-63-58-53-48-42-23-20-17-14-11-8-3)101-84(89)70-65-60-55-50-45-40-34-32-29-27-25-22-19-16-13-10-7-2/h78-81,86H,6-77H2,1-5H3,(H,91,92)(H,93,94)/t79-,80+,81+/m0/s1. The lowest BCUT2D eigenvalue weighted by atomic mass is 10.0. The molecule has 0 aromatic rings. The number of aliphatic hydroxyl groups is 1. The van der Waals surface area contributed by atoms with Gasteiger partial charge in [-0.25, -0.2) is 9.13 Å². The van der Waals surface area contributed by atoms with Crippen LogP contribution in [-0.2, 0) is 65.4 Å². The van der Waals surface area contributed by atoms with Gasteiger partial charge >= 0.3 is 39.5 Å². The summed E-state index contributed by atoms with van der Waals surface area (Å²) in [6, 6.07) is 0. The quantitative estimate of drug-likeness (QED) is 0.0222. The maximum atomic E-state index is 13.1. The molecule has 0 spiro atoms. The van der Waals surface area contributed by atoms with Crippen molar-refractivity contribution >= 4 is 39.5 Å². The van der Waals surface area contributed by atoms with Gasteiger partial charge in [-0.3, -0.25) is 37.3 Å². The Hall–Kier alpha value is -1.94. The minimum atomic E-state index is -4.96. The Balaban J connectivity index is 5.24. The molecule has 19 heteroatoms. The van der Waals surface area contributed by atoms with E-state index >= 15 is 0 Å². The van der Waals surface area contributed by atoms with Crippen LogP contribution in [0.4, 0.5) is 0 Å². The summed E-state index contributed by atoms with van der Waals surface area (Å²) in [5, 5.41) is 10.7. The fourth-order valence-corrected chi connectivity index (χ4v) is 14.9. The number of aliphatic hydroxyl groups excluding tert-OH is 1. The summed E-state index contributed by atoms with van der Waals surface area (Å²) in [5.74, 6) is -1.30. The largest absolute Gasteiger partial charge is 0.472 e. The van der Waals surface area contributed by atoms with Gasteiger partial charge in [0.05, 0.1) is 26.4 Å². The van der Waals surface area contributed by atoms with Crippen molar-refractivity contribution < 1.29 is 80.2 Å². The molecule has 3 N–H and O–H groups in total. The molecule has 0 aromatic carbocycles. The average Bonchev–Trinajstić information content (AvgIpc) is 0.910. The number of hydrogen-bond acceptors (Lipinski definition) is 15. The van der Waals surface area contributed by atoms with Crippen molar-refractivity contribution in [3.05, 3.63) is 0 Å². The Kier molecular flexibility index (Phi) is 76.3. The van der Waals surface area contributed by atoms with Gasteiger partial charge in [-0.2, -0.15) is 0 Å². The molecule has 5 atom stereocenters. The summed E-state index contributed by atoms with van der Waals surface area (Å²) in [5.41, 5.74) is 0. The van der Waals surface area contributed by atoms with Crippen molar-refractivity contribution in [1.29, 1.82) is 0 Å². The van der Waals surface area contributed by atoms with E-state index in [1.807, 2.05) is 0 Å². The molecule has 2 unspecified atom stereocenters. The average molecular weight is 1520 g/mol. The molecule has 0 aliphatic rings. The van der Waals surface area contributed by atoms with E-state index in [9.17, 15) is 43.2 Å². The van der Waals surface area contributed by atoms with Crippen molar-refractivity contribution in [3.8, 4) is 0 Å². The molecule has 0 fully saturated rings. The van der Waals surface area contributed by atoms with Crippen LogP contribution in [0.1, 0.15) is 458 Å². The van der Waals surface area contributed by atoms with Crippen LogP contribution in [-0.4, -0.2) is 96.7 Å². The van der Waals surface area contributed by atoms with Crippen molar-refractivity contribution in [2.45, 2.75) is 477 Å². The Labute approximate surface area is 638 Å². The zero-order valence-corrected chi connectivity index (χ0v) is 70.0. The number of carbonyl (C=O) groups excluding carboxylic acids is 4. The van der Waals surface area contributed by atoms with E-state index in [2.05, 4.69) is 34.6 Å². The highest BCUT2D eigenvalue weighted by molar-refractivity contribution is 7.47. The first-order valence-electron chi connectivity index (χ1n) is 44.1. The molecule has 0 radical (unpaired) electrons. The molecule has 0 rings (SSSR count). The Morgan fingerprint density at radius 3 is 0.654 bits per heavy atom. The summed E-state index contributed by atoms with van der Waals surface area (Å²) < 4.78 is 68.9. The number of unbranched alkanes of at least 4 members (excludes halogenated alkanes) is 57. The van der Waals surface area contributed by atoms with Crippen molar-refractivity contribution in [3.63, 3.8) is 0 Å². The van der Waals surface area contributed by atoms with E-state index in [0.717, 1.165) is 95.8 Å². The number of ether oxygens (including phenoxy) is 4. The number of carbonyl (C=O) groups is 4. The summed E-state index contributed by atoms with van der Waals surface area (Å²) in [6.45, 7) is 7.39. The second kappa shape index (κ2) is 77.8. The minimum absolute atomic E-state index is 0.109. The smallest absolute Gasteiger partial charge is 0.462 e. The van der Waals surface area contributed by atoms with Gasteiger partial charge in [0.2, 0.25) is 0 Å². The van der Waals surface area contributed by atoms with Gasteiger partial charge in [-0.05, 0) is 31.6 Å². The van der Waals surface area contributed by atoms with Crippen LogP contribution in [0.15, 0.2) is 0 Å². The molecular formula is C85H166O17P2. The molecule has 0 amide bonds. The highest BCUT2D eigenvalue weighted by atomic mass is 31.2. The number of rotatable bonds is 85. The van der Waals surface area contributed by atoms with Crippen molar-refractivity contribution in [1.82, 2.24) is 0 Å². The fraction of sp³-hybridized carbons (Fsp3) is 0.953. The minimum Gasteiger partial charge on any atom is -0.462 e. The van der Waals surface area contributed by atoms with Gasteiger partial charge in [0.15, 0.2) is 12.2 Å². The summed E-state index contributed by atoms with van der Waals surface area (Å²) >= 11 is 0. The van der Waals surface area contributed by atoms with Crippen LogP contribution in [0.25, 0.3) is 0 Å². The van der Waals surface area contributed by atoms with Crippen LogP contribution in [0.3, 0.4) is 0 Å². The van der Waals surface area contributed by atoms with Crippen LogP contribution >= 0.6 is 15.6 Å². The predicted molar refractivity (Wildman–Crippen MR) is 428 cm³/mol. The number of phosphoric ester groups is 2. The second-order valence-electron chi connectivity index (χ2n) is 31.1. The monoisotopic (exact) mass is 1520 g/mol. The van der Waals surface area contributed by atoms with E-state index in [-0.39, 0.29) is 25.7 Å². The Morgan fingerprint density at radius 2 is 0.442 bits per heavy atom. The van der Waals surface area contributed by atoms with Crippen LogP contribution in [0, 0.1) is 5.92 Å². The van der Waals surface area contributed by atoms with Gasteiger partial charge in [-0.15, -0.1) is 0 Å². The van der Waals surface area contributed by atoms with Crippen LogP contribution in [0.5, 0.6) is 0 Å². The van der Waals surface area contributed by atoms with E-state index in [1.165, 1.54) is 283 Å². The Bertz CT molecular complexity index is 1980. The summed E-state index contributed by atoms with van der Waals surface area (Å²) in [4.78, 5) is 73.2. The van der Waals surface area contributed by atoms with E-state index in [4.69, 9.17) is 37.0 Å². The summed E-state index contributed by atoms with van der Waals surface area (Å²) in [6.07, 6.45) is 70.7. The third kappa shape index (κ3) is 78.2. The summed E-state index contributed by atoms with van der Waals surface area (Å²) in [7, 11) is -9.93. The van der Waals surface area contributed by atoms with Crippen molar-refractivity contribution in [2.75, 3.05) is 39.6 Å². The molecule has 0 heterocycles. The third-order valence-electron chi connectivity index (χ3n) is 20.0. The predicted octanol–water partition coefficient (Wildman–Crippen LogP) is 26.0. The molecule has 0 aromatic heterocycles. The van der Waals surface area contributed by atoms with Crippen LogP contribution in [0.2, 0.25) is 0 Å². The van der Waals surface area contributed by atoms with Gasteiger partial charge in [0, 0.05) is 25.7 Å². The van der Waals surface area contributed by atoms with E-state index < -0.39 is 97.5 Å². The Morgan fingerprint density at radius 1 is 0.260 bits per heavy atom. The molecule has 0 aliphatic heterocycles. The van der Waals surface area contributed by atoms with Gasteiger partial charge < -0.3 is 33.8 Å². The molecule has 17 nitrogen and oxygen atoms in total. The first-order chi connectivity index (χ1) is 50.5.